The minimum Gasteiger partial charge on any atom is -0.465 e. The van der Waals surface area contributed by atoms with Gasteiger partial charge in [-0.15, -0.1) is 0 Å². The standard InChI is InChI=1S/C16H12BrF2NO4/c1-23-15(21)10-5-3-4-6-20(14(10)16(22)24-2)9-7-11(17)13(19)12(18)8-9/h3-8H,1-2H3. The lowest BCUT2D eigenvalue weighted by Crippen LogP contribution is -2.27. The molecule has 0 atom stereocenters. The molecule has 0 saturated carbocycles. The van der Waals surface area contributed by atoms with Crippen LogP contribution in [0.15, 0.2) is 52.3 Å². The fraction of sp³-hybridized carbons (Fsp3) is 0.125. The van der Waals surface area contributed by atoms with Crippen molar-refractivity contribution in [3.05, 3.63) is 63.9 Å². The first-order valence-electron chi connectivity index (χ1n) is 6.60. The highest BCUT2D eigenvalue weighted by Crippen LogP contribution is 2.31. The van der Waals surface area contributed by atoms with E-state index >= 15 is 0 Å². The second kappa shape index (κ2) is 7.39. The lowest BCUT2D eigenvalue weighted by molar-refractivity contribution is -0.139. The van der Waals surface area contributed by atoms with Gasteiger partial charge in [0.05, 0.1) is 30.0 Å². The molecule has 2 rings (SSSR count). The van der Waals surface area contributed by atoms with E-state index in [1.54, 1.807) is 0 Å². The van der Waals surface area contributed by atoms with Crippen LogP contribution in [-0.4, -0.2) is 26.2 Å². The van der Waals surface area contributed by atoms with Crippen LogP contribution in [-0.2, 0) is 19.1 Å². The Morgan fingerprint density at radius 1 is 1.08 bits per heavy atom. The maximum absolute atomic E-state index is 13.7. The van der Waals surface area contributed by atoms with Crippen molar-refractivity contribution >= 4 is 33.6 Å². The molecule has 0 fully saturated rings. The van der Waals surface area contributed by atoms with Crippen LogP contribution in [0.5, 0.6) is 0 Å². The summed E-state index contributed by atoms with van der Waals surface area (Å²) < 4.78 is 36.5. The first-order valence-corrected chi connectivity index (χ1v) is 7.39. The Kier molecular flexibility index (Phi) is 5.50. The lowest BCUT2D eigenvalue weighted by Gasteiger charge is -2.23. The maximum atomic E-state index is 13.7. The Labute approximate surface area is 145 Å². The molecule has 1 aromatic carbocycles. The second-order valence-electron chi connectivity index (χ2n) is 4.54. The summed E-state index contributed by atoms with van der Waals surface area (Å²) in [6, 6.07) is 2.17. The Bertz CT molecular complexity index is 763. The van der Waals surface area contributed by atoms with Crippen molar-refractivity contribution in [1.29, 1.82) is 0 Å². The van der Waals surface area contributed by atoms with E-state index in [0.29, 0.717) is 0 Å². The molecule has 0 radical (unpaired) electrons. The Morgan fingerprint density at radius 3 is 2.33 bits per heavy atom. The molecule has 0 unspecified atom stereocenters. The number of carbonyl (C=O) groups is 2. The fourth-order valence-electron chi connectivity index (χ4n) is 2.05. The number of anilines is 1. The Morgan fingerprint density at radius 2 is 1.75 bits per heavy atom. The predicted octanol–water partition coefficient (Wildman–Crippen LogP) is 3.22. The molecule has 24 heavy (non-hydrogen) atoms. The van der Waals surface area contributed by atoms with Gasteiger partial charge in [-0.1, -0.05) is 6.08 Å². The van der Waals surface area contributed by atoms with Crippen LogP contribution < -0.4 is 4.90 Å². The summed E-state index contributed by atoms with van der Waals surface area (Å²) in [5.41, 5.74) is -0.162. The highest BCUT2D eigenvalue weighted by atomic mass is 79.9. The van der Waals surface area contributed by atoms with Crippen LogP contribution in [0, 0.1) is 11.6 Å². The summed E-state index contributed by atoms with van der Waals surface area (Å²) >= 11 is 2.91. The highest BCUT2D eigenvalue weighted by molar-refractivity contribution is 9.10. The molecule has 126 valence electrons. The molecule has 8 heteroatoms. The van der Waals surface area contributed by atoms with Crippen molar-refractivity contribution in [2.45, 2.75) is 0 Å². The maximum Gasteiger partial charge on any atom is 0.355 e. The summed E-state index contributed by atoms with van der Waals surface area (Å²) in [6.45, 7) is 0. The van der Waals surface area contributed by atoms with Crippen molar-refractivity contribution < 1.29 is 27.8 Å². The molecule has 0 bridgehead atoms. The molecule has 0 spiro atoms. The molecule has 0 saturated heterocycles. The molecular weight excluding hydrogens is 388 g/mol. The average molecular weight is 400 g/mol. The number of carbonyl (C=O) groups excluding carboxylic acids is 2. The molecule has 1 aliphatic heterocycles. The molecule has 1 aromatic rings. The Balaban J connectivity index is 2.70. The van der Waals surface area contributed by atoms with Gasteiger partial charge in [-0.2, -0.15) is 0 Å². The smallest absolute Gasteiger partial charge is 0.355 e. The summed E-state index contributed by atoms with van der Waals surface area (Å²) in [5.74, 6) is -3.80. The van der Waals surface area contributed by atoms with Crippen molar-refractivity contribution in [3.63, 3.8) is 0 Å². The minimum atomic E-state index is -1.12. The first kappa shape index (κ1) is 17.9. The van der Waals surface area contributed by atoms with Gasteiger partial charge in [0.15, 0.2) is 11.6 Å². The van der Waals surface area contributed by atoms with Crippen molar-refractivity contribution in [2.75, 3.05) is 19.1 Å². The van der Waals surface area contributed by atoms with Crippen LogP contribution >= 0.6 is 15.9 Å². The first-order chi connectivity index (χ1) is 11.4. The number of allylic oxidation sites excluding steroid dienone is 2. The SMILES string of the molecule is COC(=O)C1=C(C(=O)OC)N(c2cc(F)c(F)c(Br)c2)C=CC=C1. The van der Waals surface area contributed by atoms with Crippen molar-refractivity contribution in [3.8, 4) is 0 Å². The predicted molar refractivity (Wildman–Crippen MR) is 85.9 cm³/mol. The van der Waals surface area contributed by atoms with Crippen LogP contribution in [0.3, 0.4) is 0 Å². The quantitative estimate of drug-likeness (QED) is 0.576. The molecule has 0 N–H and O–H groups in total. The van der Waals surface area contributed by atoms with Gasteiger partial charge in [0.1, 0.15) is 5.70 Å². The number of rotatable bonds is 3. The third-order valence-corrected chi connectivity index (χ3v) is 3.71. The second-order valence-corrected chi connectivity index (χ2v) is 5.39. The van der Waals surface area contributed by atoms with E-state index in [1.165, 1.54) is 35.4 Å². The van der Waals surface area contributed by atoms with Crippen molar-refractivity contribution in [1.82, 2.24) is 0 Å². The van der Waals surface area contributed by atoms with Crippen molar-refractivity contribution in [2.24, 2.45) is 0 Å². The monoisotopic (exact) mass is 399 g/mol. The van der Waals surface area contributed by atoms with Crippen LogP contribution in [0.4, 0.5) is 14.5 Å². The van der Waals surface area contributed by atoms with Gasteiger partial charge in [-0.05, 0) is 34.1 Å². The number of benzene rings is 1. The van der Waals surface area contributed by atoms with E-state index in [1.807, 2.05) is 0 Å². The molecular formula is C16H12BrF2NO4. The zero-order valence-corrected chi connectivity index (χ0v) is 14.3. The third kappa shape index (κ3) is 3.38. The molecule has 5 nitrogen and oxygen atoms in total. The topological polar surface area (TPSA) is 55.8 Å². The van der Waals surface area contributed by atoms with Gasteiger partial charge in [0.25, 0.3) is 0 Å². The van der Waals surface area contributed by atoms with E-state index in [0.717, 1.165) is 20.3 Å². The van der Waals surface area contributed by atoms with E-state index < -0.39 is 23.6 Å². The molecule has 1 aliphatic rings. The number of ether oxygens (including phenoxy) is 2. The number of hydrogen-bond donors (Lipinski definition) is 0. The largest absolute Gasteiger partial charge is 0.465 e. The van der Waals surface area contributed by atoms with E-state index in [-0.39, 0.29) is 21.4 Å². The van der Waals surface area contributed by atoms with Gasteiger partial charge in [-0.3, -0.25) is 0 Å². The van der Waals surface area contributed by atoms with E-state index in [9.17, 15) is 18.4 Å². The zero-order valence-electron chi connectivity index (χ0n) is 12.7. The summed E-state index contributed by atoms with van der Waals surface area (Å²) in [7, 11) is 2.30. The van der Waals surface area contributed by atoms with Gasteiger partial charge in [-0.25, -0.2) is 18.4 Å². The number of halogens is 3. The van der Waals surface area contributed by atoms with E-state index in [4.69, 9.17) is 4.74 Å². The van der Waals surface area contributed by atoms with Crippen LogP contribution in [0.2, 0.25) is 0 Å². The number of esters is 2. The Hall–Kier alpha value is -2.48. The highest BCUT2D eigenvalue weighted by Gasteiger charge is 2.28. The average Bonchev–Trinajstić information content (AvgIpc) is 2.80. The molecule has 0 aromatic heterocycles. The summed E-state index contributed by atoms with van der Waals surface area (Å²) in [4.78, 5) is 25.4. The number of nitrogens with zero attached hydrogens (tertiary/aromatic N) is 1. The van der Waals surface area contributed by atoms with Gasteiger partial charge >= 0.3 is 11.9 Å². The molecule has 0 aliphatic carbocycles. The summed E-state index contributed by atoms with van der Waals surface area (Å²) in [6.07, 6.45) is 5.81. The fourth-order valence-corrected chi connectivity index (χ4v) is 2.47. The molecule has 0 amide bonds. The normalized spacial score (nSPS) is 13.8. The zero-order chi connectivity index (χ0) is 17.9. The third-order valence-electron chi connectivity index (χ3n) is 3.14. The van der Waals surface area contributed by atoms with Crippen LogP contribution in [0.1, 0.15) is 0 Å². The number of hydrogen-bond acceptors (Lipinski definition) is 5. The minimum absolute atomic E-state index is 0.0878. The van der Waals surface area contributed by atoms with Gasteiger partial charge in [0, 0.05) is 12.3 Å². The van der Waals surface area contributed by atoms with Gasteiger partial charge in [0.2, 0.25) is 0 Å². The molecule has 1 heterocycles. The lowest BCUT2D eigenvalue weighted by atomic mass is 10.1. The van der Waals surface area contributed by atoms with Gasteiger partial charge < -0.3 is 14.4 Å². The number of methoxy groups -OCH3 is 2. The van der Waals surface area contributed by atoms with E-state index in [2.05, 4.69) is 20.7 Å². The summed E-state index contributed by atoms with van der Waals surface area (Å²) in [5, 5.41) is 0. The van der Waals surface area contributed by atoms with Crippen LogP contribution in [0.25, 0.3) is 0 Å².